The third-order valence-electron chi connectivity index (χ3n) is 6.25. The number of para-hydroxylation sites is 1. The van der Waals surface area contributed by atoms with E-state index in [1.54, 1.807) is 18.2 Å². The van der Waals surface area contributed by atoms with Crippen LogP contribution in [0.2, 0.25) is 0 Å². The van der Waals surface area contributed by atoms with Gasteiger partial charge in [0, 0.05) is 28.6 Å². The highest BCUT2D eigenvalue weighted by Gasteiger charge is 2.32. The van der Waals surface area contributed by atoms with Crippen LogP contribution in [-0.4, -0.2) is 38.1 Å². The number of aliphatic hydroxyl groups excluding tert-OH is 2. The number of aliphatic carboxylic acids is 1. The van der Waals surface area contributed by atoms with Crippen LogP contribution >= 0.6 is 0 Å². The van der Waals surface area contributed by atoms with Crippen molar-refractivity contribution in [2.45, 2.75) is 57.3 Å². The Hall–Kier alpha value is -2.96. The Kier molecular flexibility index (Phi) is 5.93. The second-order valence-corrected chi connectivity index (χ2v) is 9.14. The first-order chi connectivity index (χ1) is 15.2. The lowest BCUT2D eigenvalue weighted by Gasteiger charge is -2.34. The molecule has 6 heteroatoms. The van der Waals surface area contributed by atoms with Gasteiger partial charge in [-0.15, -0.1) is 0 Å². The van der Waals surface area contributed by atoms with Gasteiger partial charge in [-0.2, -0.15) is 0 Å². The fraction of sp³-hybridized carbons (Fsp3) is 0.346. The van der Waals surface area contributed by atoms with Crippen molar-refractivity contribution in [1.82, 2.24) is 4.57 Å². The number of nitrogens with zero attached hydrogens (tertiary/aromatic N) is 1. The third-order valence-corrected chi connectivity index (χ3v) is 6.25. The molecule has 2 heterocycles. The standard InChI is InChI=1S/C26H28FNO4/c1-26(2)13-12-17-4-3-5-21-24(16-6-8-18(27)9-7-16)22(28(26)25(17)21)11-10-19(29)14-20(30)15-23(31)32/h3-11,19-20,29-30H,12-15H2,1-2H3,(H,31,32)/b11-10+. The number of hydrogen-bond donors (Lipinski definition) is 3. The molecule has 2 aromatic carbocycles. The summed E-state index contributed by atoms with van der Waals surface area (Å²) in [4.78, 5) is 10.8. The average Bonchev–Trinajstić information content (AvgIpc) is 3.06. The smallest absolute Gasteiger partial charge is 0.305 e. The van der Waals surface area contributed by atoms with Crippen LogP contribution in [0.4, 0.5) is 4.39 Å². The summed E-state index contributed by atoms with van der Waals surface area (Å²) in [6, 6.07) is 12.6. The van der Waals surface area contributed by atoms with Crippen molar-refractivity contribution >= 4 is 22.9 Å². The highest BCUT2D eigenvalue weighted by Crippen LogP contribution is 2.44. The van der Waals surface area contributed by atoms with Gasteiger partial charge in [-0.25, -0.2) is 4.39 Å². The van der Waals surface area contributed by atoms with Crippen LogP contribution < -0.4 is 0 Å². The predicted molar refractivity (Wildman–Crippen MR) is 123 cm³/mol. The first-order valence-corrected chi connectivity index (χ1v) is 10.9. The zero-order chi connectivity index (χ0) is 23.0. The van der Waals surface area contributed by atoms with Gasteiger partial charge >= 0.3 is 5.97 Å². The van der Waals surface area contributed by atoms with Gasteiger partial charge < -0.3 is 19.9 Å². The number of aliphatic hydroxyl groups is 2. The van der Waals surface area contributed by atoms with Gasteiger partial charge in [0.25, 0.3) is 0 Å². The number of halogens is 1. The fourth-order valence-electron chi connectivity index (χ4n) is 4.73. The Labute approximate surface area is 186 Å². The van der Waals surface area contributed by atoms with Crippen molar-refractivity contribution in [3.05, 3.63) is 65.6 Å². The van der Waals surface area contributed by atoms with Crippen molar-refractivity contribution in [2.75, 3.05) is 0 Å². The van der Waals surface area contributed by atoms with E-state index in [9.17, 15) is 19.4 Å². The van der Waals surface area contributed by atoms with Crippen LogP contribution in [0.15, 0.2) is 48.5 Å². The zero-order valence-electron chi connectivity index (χ0n) is 18.3. The largest absolute Gasteiger partial charge is 0.481 e. The normalized spacial score (nSPS) is 17.0. The summed E-state index contributed by atoms with van der Waals surface area (Å²) >= 11 is 0. The van der Waals surface area contributed by atoms with Gasteiger partial charge in [0.2, 0.25) is 0 Å². The number of benzene rings is 2. The summed E-state index contributed by atoms with van der Waals surface area (Å²) in [6.45, 7) is 4.36. The van der Waals surface area contributed by atoms with Crippen molar-refractivity contribution in [3.8, 4) is 11.1 Å². The molecule has 1 aromatic heterocycles. The van der Waals surface area contributed by atoms with Crippen LogP contribution in [-0.2, 0) is 16.8 Å². The Morgan fingerprint density at radius 2 is 1.91 bits per heavy atom. The molecule has 1 aliphatic heterocycles. The molecular formula is C26H28FNO4. The molecule has 3 N–H and O–H groups in total. The molecule has 0 aliphatic carbocycles. The SMILES string of the molecule is CC1(C)CCc2cccc3c(-c4ccc(F)cc4)c(/C=C/C(O)CC(O)CC(=O)O)n1c23. The average molecular weight is 438 g/mol. The van der Waals surface area contributed by atoms with Crippen molar-refractivity contribution in [3.63, 3.8) is 0 Å². The van der Waals surface area contributed by atoms with Gasteiger partial charge in [0.05, 0.1) is 24.1 Å². The predicted octanol–water partition coefficient (Wildman–Crippen LogP) is 4.73. The van der Waals surface area contributed by atoms with Crippen molar-refractivity contribution < 1.29 is 24.5 Å². The maximum atomic E-state index is 13.6. The number of rotatable bonds is 7. The zero-order valence-corrected chi connectivity index (χ0v) is 18.3. The van der Waals surface area contributed by atoms with Gasteiger partial charge in [-0.05, 0) is 56.0 Å². The molecule has 0 amide bonds. The lowest BCUT2D eigenvalue weighted by molar-refractivity contribution is -0.139. The first kappa shape index (κ1) is 22.2. The van der Waals surface area contributed by atoms with E-state index in [4.69, 9.17) is 5.11 Å². The summed E-state index contributed by atoms with van der Waals surface area (Å²) in [6.07, 6.45) is 2.75. The first-order valence-electron chi connectivity index (χ1n) is 10.9. The van der Waals surface area contributed by atoms with Gasteiger partial charge in [-0.3, -0.25) is 4.79 Å². The lowest BCUT2D eigenvalue weighted by Crippen LogP contribution is -2.31. The minimum atomic E-state index is -1.13. The molecule has 4 rings (SSSR count). The highest BCUT2D eigenvalue weighted by molar-refractivity contribution is 6.02. The summed E-state index contributed by atoms with van der Waals surface area (Å²) in [5.41, 5.74) is 4.97. The monoisotopic (exact) mass is 437 g/mol. The number of aromatic nitrogens is 1. The van der Waals surface area contributed by atoms with E-state index in [-0.39, 0.29) is 17.8 Å². The van der Waals surface area contributed by atoms with Crippen LogP contribution in [0.25, 0.3) is 28.1 Å². The maximum Gasteiger partial charge on any atom is 0.305 e. The molecule has 0 radical (unpaired) electrons. The van der Waals surface area contributed by atoms with E-state index in [1.165, 1.54) is 17.7 Å². The van der Waals surface area contributed by atoms with E-state index >= 15 is 0 Å². The van der Waals surface area contributed by atoms with E-state index in [1.807, 2.05) is 12.1 Å². The number of aryl methyl sites for hydroxylation is 1. The molecule has 5 nitrogen and oxygen atoms in total. The topological polar surface area (TPSA) is 82.7 Å². The molecule has 0 bridgehead atoms. The highest BCUT2D eigenvalue weighted by atomic mass is 19.1. The fourth-order valence-corrected chi connectivity index (χ4v) is 4.73. The summed E-state index contributed by atoms with van der Waals surface area (Å²) in [7, 11) is 0. The quantitative estimate of drug-likeness (QED) is 0.499. The van der Waals surface area contributed by atoms with Gasteiger partial charge in [-0.1, -0.05) is 36.4 Å². The van der Waals surface area contributed by atoms with Crippen LogP contribution in [0.3, 0.4) is 0 Å². The number of carboxylic acid groups (broad SMARTS) is 1. The van der Waals surface area contributed by atoms with E-state index in [2.05, 4.69) is 30.5 Å². The molecule has 3 aromatic rings. The van der Waals surface area contributed by atoms with Crippen LogP contribution in [0, 0.1) is 5.82 Å². The summed E-state index contributed by atoms with van der Waals surface area (Å²) in [5, 5.41) is 30.2. The molecular weight excluding hydrogens is 409 g/mol. The third kappa shape index (κ3) is 4.20. The Morgan fingerprint density at radius 1 is 1.19 bits per heavy atom. The minimum absolute atomic E-state index is 0.0659. The number of carboxylic acids is 1. The maximum absolute atomic E-state index is 13.6. The number of hydrogen-bond acceptors (Lipinski definition) is 3. The summed E-state index contributed by atoms with van der Waals surface area (Å²) in [5.74, 6) is -1.41. The number of carbonyl (C=O) groups is 1. The van der Waals surface area contributed by atoms with Gasteiger partial charge in [0.15, 0.2) is 0 Å². The molecule has 0 saturated carbocycles. The van der Waals surface area contributed by atoms with E-state index in [0.29, 0.717) is 0 Å². The van der Waals surface area contributed by atoms with Crippen LogP contribution in [0.5, 0.6) is 0 Å². The Morgan fingerprint density at radius 3 is 2.59 bits per heavy atom. The van der Waals surface area contributed by atoms with Crippen molar-refractivity contribution in [1.29, 1.82) is 0 Å². The molecule has 0 spiro atoms. The van der Waals surface area contributed by atoms with Crippen molar-refractivity contribution in [2.24, 2.45) is 0 Å². The van der Waals surface area contributed by atoms with E-state index < -0.39 is 24.6 Å². The molecule has 2 atom stereocenters. The molecule has 0 fully saturated rings. The molecule has 1 aliphatic rings. The second kappa shape index (κ2) is 8.52. The minimum Gasteiger partial charge on any atom is -0.481 e. The second-order valence-electron chi connectivity index (χ2n) is 9.14. The molecule has 32 heavy (non-hydrogen) atoms. The molecule has 0 saturated heterocycles. The summed E-state index contributed by atoms with van der Waals surface area (Å²) < 4.78 is 15.9. The van der Waals surface area contributed by atoms with Gasteiger partial charge in [0.1, 0.15) is 5.82 Å². The Balaban J connectivity index is 1.85. The molecule has 2 unspecified atom stereocenters. The Bertz CT molecular complexity index is 1180. The molecule has 168 valence electrons. The lowest BCUT2D eigenvalue weighted by atomic mass is 9.90. The van der Waals surface area contributed by atoms with E-state index in [0.717, 1.165) is 40.6 Å². The van der Waals surface area contributed by atoms with Crippen LogP contribution in [0.1, 0.15) is 44.4 Å².